The van der Waals surface area contributed by atoms with Crippen LogP contribution in [0.25, 0.3) is 11.2 Å². The fraction of sp³-hybridized carbons (Fsp3) is 0.615. The molecule has 1 aliphatic rings. The number of nitrogens with one attached hydrogen (secondary N) is 2. The number of H-pyrrole nitrogens is 1. The molecule has 0 aliphatic carbocycles. The largest absolute Gasteiger partial charge is 0.354 e. The third kappa shape index (κ3) is 2.29. The second kappa shape index (κ2) is 5.24. The van der Waals surface area contributed by atoms with Crippen molar-refractivity contribution < 1.29 is 0 Å². The first-order valence-electron chi connectivity index (χ1n) is 7.09. The second-order valence-corrected chi connectivity index (χ2v) is 5.28. The van der Waals surface area contributed by atoms with Crippen molar-refractivity contribution in [2.24, 2.45) is 0 Å². The summed E-state index contributed by atoms with van der Waals surface area (Å²) in [7, 11) is 2.16. The molecule has 3 rings (SSSR count). The van der Waals surface area contributed by atoms with Gasteiger partial charge in [0.2, 0.25) is 5.95 Å². The maximum Gasteiger partial charge on any atom is 0.226 e. The minimum atomic E-state index is 0.513. The van der Waals surface area contributed by atoms with Crippen LogP contribution in [0.15, 0.2) is 6.33 Å². The number of aromatic amines is 1. The van der Waals surface area contributed by atoms with Crippen LogP contribution < -0.4 is 10.2 Å². The van der Waals surface area contributed by atoms with Crippen LogP contribution in [0.2, 0.25) is 0 Å². The Bertz CT molecular complexity index is 593. The van der Waals surface area contributed by atoms with Crippen LogP contribution in [0.1, 0.15) is 13.8 Å². The van der Waals surface area contributed by atoms with Gasteiger partial charge in [-0.25, -0.2) is 4.98 Å². The summed E-state index contributed by atoms with van der Waals surface area (Å²) in [5.41, 5.74) is 1.64. The SMILES string of the molecule is CCNc1nc(N2CCN(C)C(C)C2)c2[nH]cnc2n1. The molecule has 3 heterocycles. The minimum absolute atomic E-state index is 0.513. The van der Waals surface area contributed by atoms with Crippen molar-refractivity contribution in [1.29, 1.82) is 0 Å². The van der Waals surface area contributed by atoms with E-state index < -0.39 is 0 Å². The first kappa shape index (κ1) is 13.1. The Labute approximate surface area is 118 Å². The van der Waals surface area contributed by atoms with Gasteiger partial charge in [0.1, 0.15) is 5.52 Å². The maximum absolute atomic E-state index is 4.66. The summed E-state index contributed by atoms with van der Waals surface area (Å²) in [6.45, 7) is 8.05. The summed E-state index contributed by atoms with van der Waals surface area (Å²) in [5, 5.41) is 3.18. The van der Waals surface area contributed by atoms with E-state index in [9.17, 15) is 0 Å². The van der Waals surface area contributed by atoms with E-state index in [0.29, 0.717) is 12.0 Å². The summed E-state index contributed by atoms with van der Waals surface area (Å²) in [4.78, 5) is 21.2. The van der Waals surface area contributed by atoms with Crippen LogP contribution in [0.3, 0.4) is 0 Å². The van der Waals surface area contributed by atoms with Crippen molar-refractivity contribution in [2.75, 3.05) is 43.4 Å². The zero-order chi connectivity index (χ0) is 14.1. The van der Waals surface area contributed by atoms with Gasteiger partial charge in [0.05, 0.1) is 6.33 Å². The number of anilines is 2. The number of piperazine rings is 1. The molecule has 2 aromatic heterocycles. The van der Waals surface area contributed by atoms with Crippen LogP contribution in [-0.4, -0.2) is 64.1 Å². The van der Waals surface area contributed by atoms with E-state index in [2.05, 4.69) is 49.0 Å². The molecule has 1 fully saturated rings. The zero-order valence-corrected chi connectivity index (χ0v) is 12.2. The molecule has 1 atom stereocenters. The number of likely N-dealkylation sites (N-methyl/N-ethyl adjacent to an activating group) is 1. The average molecular weight is 275 g/mol. The van der Waals surface area contributed by atoms with Gasteiger partial charge in [-0.2, -0.15) is 9.97 Å². The molecule has 1 saturated heterocycles. The molecule has 0 spiro atoms. The fourth-order valence-electron chi connectivity index (χ4n) is 2.52. The van der Waals surface area contributed by atoms with Crippen molar-refractivity contribution in [1.82, 2.24) is 24.8 Å². The normalized spacial score (nSPS) is 20.6. The molecule has 2 aromatic rings. The molecule has 0 bridgehead atoms. The quantitative estimate of drug-likeness (QED) is 0.868. The van der Waals surface area contributed by atoms with Crippen molar-refractivity contribution in [2.45, 2.75) is 19.9 Å². The van der Waals surface area contributed by atoms with Crippen LogP contribution in [0.4, 0.5) is 11.8 Å². The highest BCUT2D eigenvalue weighted by atomic mass is 15.3. The number of nitrogens with zero attached hydrogens (tertiary/aromatic N) is 5. The average Bonchev–Trinajstić information content (AvgIpc) is 2.89. The first-order valence-corrected chi connectivity index (χ1v) is 7.09. The predicted octanol–water partition coefficient (Wildman–Crippen LogP) is 0.925. The molecular formula is C13H21N7. The number of imidazole rings is 1. The summed E-state index contributed by atoms with van der Waals surface area (Å²) in [6.07, 6.45) is 1.68. The Morgan fingerprint density at radius 2 is 2.25 bits per heavy atom. The Morgan fingerprint density at radius 1 is 1.40 bits per heavy atom. The standard InChI is InChI=1S/C13H21N7/c1-4-14-13-17-11-10(15-8-16-11)12(18-13)20-6-5-19(3)9(2)7-20/h8-9H,4-7H2,1-3H3,(H2,14,15,16,17,18). The number of aromatic nitrogens is 4. The molecule has 2 N–H and O–H groups in total. The number of fused-ring (bicyclic) bond motifs is 1. The second-order valence-electron chi connectivity index (χ2n) is 5.28. The van der Waals surface area contributed by atoms with Gasteiger partial charge < -0.3 is 20.1 Å². The molecule has 0 amide bonds. The molecule has 0 saturated carbocycles. The molecule has 1 unspecified atom stereocenters. The smallest absolute Gasteiger partial charge is 0.226 e. The summed E-state index contributed by atoms with van der Waals surface area (Å²) in [5.74, 6) is 1.59. The Balaban J connectivity index is 1.98. The van der Waals surface area contributed by atoms with Gasteiger partial charge in [0.15, 0.2) is 11.5 Å². The third-order valence-electron chi connectivity index (χ3n) is 3.86. The van der Waals surface area contributed by atoms with Gasteiger partial charge in [-0.1, -0.05) is 0 Å². The third-order valence-corrected chi connectivity index (χ3v) is 3.86. The molecule has 108 valence electrons. The van der Waals surface area contributed by atoms with Crippen molar-refractivity contribution >= 4 is 22.9 Å². The predicted molar refractivity (Wildman–Crippen MR) is 80.2 cm³/mol. The summed E-state index contributed by atoms with van der Waals surface area (Å²) >= 11 is 0. The van der Waals surface area contributed by atoms with Crippen LogP contribution in [0.5, 0.6) is 0 Å². The van der Waals surface area contributed by atoms with Gasteiger partial charge in [0, 0.05) is 32.2 Å². The van der Waals surface area contributed by atoms with Crippen LogP contribution >= 0.6 is 0 Å². The lowest BCUT2D eigenvalue weighted by Gasteiger charge is -2.38. The number of hydrogen-bond donors (Lipinski definition) is 2. The highest BCUT2D eigenvalue weighted by molar-refractivity contribution is 5.84. The lowest BCUT2D eigenvalue weighted by molar-refractivity contribution is 0.233. The molecule has 0 radical (unpaired) electrons. The van der Waals surface area contributed by atoms with E-state index in [1.807, 2.05) is 6.92 Å². The van der Waals surface area contributed by atoms with Crippen molar-refractivity contribution in [3.8, 4) is 0 Å². The Hall–Kier alpha value is -1.89. The van der Waals surface area contributed by atoms with Gasteiger partial charge >= 0.3 is 0 Å². The van der Waals surface area contributed by atoms with Crippen LogP contribution in [0, 0.1) is 0 Å². The Kier molecular flexibility index (Phi) is 3.43. The van der Waals surface area contributed by atoms with E-state index in [1.165, 1.54) is 0 Å². The maximum atomic E-state index is 4.66. The Morgan fingerprint density at radius 3 is 3.00 bits per heavy atom. The van der Waals surface area contributed by atoms with E-state index in [-0.39, 0.29) is 0 Å². The molecule has 1 aliphatic heterocycles. The lowest BCUT2D eigenvalue weighted by atomic mass is 10.2. The molecule has 7 nitrogen and oxygen atoms in total. The monoisotopic (exact) mass is 275 g/mol. The van der Waals surface area contributed by atoms with Gasteiger partial charge in [-0.05, 0) is 20.9 Å². The summed E-state index contributed by atoms with van der Waals surface area (Å²) < 4.78 is 0. The van der Waals surface area contributed by atoms with E-state index in [4.69, 9.17) is 0 Å². The fourth-order valence-corrected chi connectivity index (χ4v) is 2.52. The van der Waals surface area contributed by atoms with Crippen molar-refractivity contribution in [3.63, 3.8) is 0 Å². The molecule has 7 heteroatoms. The van der Waals surface area contributed by atoms with E-state index in [0.717, 1.165) is 43.2 Å². The van der Waals surface area contributed by atoms with E-state index in [1.54, 1.807) is 6.33 Å². The summed E-state index contributed by atoms with van der Waals surface area (Å²) in [6, 6.07) is 0.513. The zero-order valence-electron chi connectivity index (χ0n) is 12.2. The van der Waals surface area contributed by atoms with Gasteiger partial charge in [0.25, 0.3) is 0 Å². The lowest BCUT2D eigenvalue weighted by Crippen LogP contribution is -2.50. The van der Waals surface area contributed by atoms with Gasteiger partial charge in [-0.15, -0.1) is 0 Å². The molecular weight excluding hydrogens is 254 g/mol. The highest BCUT2D eigenvalue weighted by Crippen LogP contribution is 2.24. The molecule has 0 aromatic carbocycles. The highest BCUT2D eigenvalue weighted by Gasteiger charge is 2.24. The number of rotatable bonds is 3. The first-order chi connectivity index (χ1) is 9.69. The van der Waals surface area contributed by atoms with Gasteiger partial charge in [-0.3, -0.25) is 0 Å². The van der Waals surface area contributed by atoms with Crippen molar-refractivity contribution in [3.05, 3.63) is 6.33 Å². The minimum Gasteiger partial charge on any atom is -0.354 e. The van der Waals surface area contributed by atoms with Crippen LogP contribution in [-0.2, 0) is 0 Å². The number of hydrogen-bond acceptors (Lipinski definition) is 6. The molecule has 20 heavy (non-hydrogen) atoms. The van der Waals surface area contributed by atoms with E-state index >= 15 is 0 Å². The topological polar surface area (TPSA) is 73.0 Å².